The summed E-state index contributed by atoms with van der Waals surface area (Å²) in [6, 6.07) is 14.2. The number of anilines is 1. The van der Waals surface area contributed by atoms with E-state index >= 15 is 0 Å². The van der Waals surface area contributed by atoms with E-state index in [0.29, 0.717) is 47.3 Å². The number of amides is 1. The summed E-state index contributed by atoms with van der Waals surface area (Å²) in [4.78, 5) is 24.4. The summed E-state index contributed by atoms with van der Waals surface area (Å²) in [6.07, 6.45) is 3.44. The second-order valence-electron chi connectivity index (χ2n) is 10.9. The summed E-state index contributed by atoms with van der Waals surface area (Å²) >= 11 is 0. The van der Waals surface area contributed by atoms with Crippen molar-refractivity contribution >= 4 is 23.3 Å². The van der Waals surface area contributed by atoms with Gasteiger partial charge in [0.2, 0.25) is 12.7 Å². The molecule has 0 radical (unpaired) electrons. The van der Waals surface area contributed by atoms with Crippen molar-refractivity contribution in [3.8, 4) is 17.2 Å². The molecule has 1 amide bonds. The van der Waals surface area contributed by atoms with Crippen LogP contribution in [0.4, 0.5) is 11.4 Å². The number of fused-ring (bicyclic) bond motifs is 2. The van der Waals surface area contributed by atoms with E-state index in [1.807, 2.05) is 32.2 Å². The predicted molar refractivity (Wildman–Crippen MR) is 157 cm³/mol. The lowest BCUT2D eigenvalue weighted by atomic mass is 10.0. The topological polar surface area (TPSA) is 131 Å². The smallest absolute Gasteiger partial charge is 0.449 e. The van der Waals surface area contributed by atoms with Gasteiger partial charge >= 0.3 is 6.02 Å². The Morgan fingerprint density at radius 3 is 2.69 bits per heavy atom. The Morgan fingerprint density at radius 1 is 1.14 bits per heavy atom. The molecule has 4 N–H and O–H groups in total. The second-order valence-corrected chi connectivity index (χ2v) is 10.9. The first kappa shape index (κ1) is 29.2. The lowest BCUT2D eigenvalue weighted by molar-refractivity contribution is -0.365. The predicted octanol–water partition coefficient (Wildman–Crippen LogP) is 1.83. The van der Waals surface area contributed by atoms with E-state index in [2.05, 4.69) is 27.1 Å². The van der Waals surface area contributed by atoms with Crippen LogP contribution in [0, 0.1) is 5.92 Å². The Morgan fingerprint density at radius 2 is 1.90 bits per heavy atom. The Labute approximate surface area is 245 Å². The van der Waals surface area contributed by atoms with Gasteiger partial charge in [-0.15, -0.1) is 0 Å². The van der Waals surface area contributed by atoms with Crippen molar-refractivity contribution in [2.75, 3.05) is 38.9 Å². The number of carbonyl (C=O) groups is 1. The molecule has 2 aliphatic heterocycles. The molecule has 0 saturated heterocycles. The fraction of sp³-hybridized carbons (Fsp3) is 0.387. The number of likely N-dealkylation sites (N-methyl/N-ethyl adjacent to an activating group) is 1. The Bertz CT molecular complexity index is 1420. The van der Waals surface area contributed by atoms with Gasteiger partial charge in [-0.1, -0.05) is 6.92 Å². The SMILES string of the molecule is C[C@@H]1CN([C@@H](C)CO)C(=O)Cc2cc(NC(O)=[NH+]c3ccc4c(c3)OCO4)ccc2O[C@H]1CN(C)Cc1ccncc1. The number of benzene rings is 2. The molecule has 222 valence electrons. The van der Waals surface area contributed by atoms with Gasteiger partial charge < -0.3 is 29.3 Å². The van der Waals surface area contributed by atoms with Gasteiger partial charge in [0.05, 0.1) is 19.1 Å². The molecule has 0 spiro atoms. The summed E-state index contributed by atoms with van der Waals surface area (Å²) in [5.74, 6) is 1.76. The van der Waals surface area contributed by atoms with E-state index < -0.39 is 0 Å². The lowest BCUT2D eigenvalue weighted by Crippen LogP contribution is -2.68. The fourth-order valence-electron chi connectivity index (χ4n) is 5.18. The number of ether oxygens (including phenoxy) is 3. The molecule has 11 nitrogen and oxygen atoms in total. The fourth-order valence-corrected chi connectivity index (χ4v) is 5.18. The molecule has 0 bridgehead atoms. The number of carbonyl (C=O) groups excluding carboxylic acids is 1. The van der Waals surface area contributed by atoms with E-state index in [1.165, 1.54) is 0 Å². The molecule has 3 atom stereocenters. The summed E-state index contributed by atoms with van der Waals surface area (Å²) < 4.78 is 17.4. The zero-order chi connectivity index (χ0) is 29.6. The minimum Gasteiger partial charge on any atom is -0.488 e. The maximum atomic E-state index is 13.5. The molecule has 3 heterocycles. The molecule has 42 heavy (non-hydrogen) atoms. The third-order valence-electron chi connectivity index (χ3n) is 7.51. The maximum Gasteiger partial charge on any atom is 0.449 e. The highest BCUT2D eigenvalue weighted by Crippen LogP contribution is 2.33. The molecular weight excluding hydrogens is 538 g/mol. The molecule has 11 heteroatoms. The van der Waals surface area contributed by atoms with Crippen molar-refractivity contribution in [2.45, 2.75) is 39.0 Å². The maximum absolute atomic E-state index is 13.5. The minimum absolute atomic E-state index is 0.00475. The van der Waals surface area contributed by atoms with Gasteiger partial charge in [-0.2, -0.15) is 0 Å². The largest absolute Gasteiger partial charge is 0.488 e. The molecule has 0 aliphatic carbocycles. The zero-order valence-corrected chi connectivity index (χ0v) is 24.1. The van der Waals surface area contributed by atoms with Crippen LogP contribution >= 0.6 is 0 Å². The van der Waals surface area contributed by atoms with Crippen LogP contribution in [0.2, 0.25) is 0 Å². The number of aliphatic hydroxyl groups excluding tert-OH is 2. The second kappa shape index (κ2) is 13.1. The van der Waals surface area contributed by atoms with Crippen LogP contribution in [0.1, 0.15) is 25.0 Å². The van der Waals surface area contributed by atoms with Gasteiger partial charge in [0.15, 0.2) is 11.5 Å². The van der Waals surface area contributed by atoms with Crippen molar-refractivity contribution in [1.82, 2.24) is 14.8 Å². The molecule has 1 aromatic heterocycles. The van der Waals surface area contributed by atoms with Crippen LogP contribution in [0.25, 0.3) is 0 Å². The van der Waals surface area contributed by atoms with Crippen LogP contribution < -0.4 is 24.5 Å². The Kier molecular flexibility index (Phi) is 9.09. The molecule has 3 aromatic rings. The summed E-state index contributed by atoms with van der Waals surface area (Å²) in [5.41, 5.74) is 3.03. The number of nitrogens with one attached hydrogen (secondary N) is 2. The molecule has 5 rings (SSSR count). The van der Waals surface area contributed by atoms with E-state index in [0.717, 1.165) is 12.1 Å². The number of hydrogen-bond acceptors (Lipinski definition) is 7. The van der Waals surface area contributed by atoms with Gasteiger partial charge in [-0.25, -0.2) is 10.3 Å². The standard InChI is InChI=1S/C31H37N5O6/c1-20-15-36(21(2)18-37)30(38)13-23-12-24(33-31(39)34-25-5-7-27-28(14-25)41-19-40-27)4-6-26(23)42-29(20)17-35(3)16-22-8-10-32-11-9-22/h4-12,14,20-21,29,37H,13,15-19H2,1-3H3,(H2,33,34,39)/p+1/t20-,21+,29+/m1/s1. The van der Waals surface area contributed by atoms with Crippen molar-refractivity contribution < 1.29 is 34.2 Å². The van der Waals surface area contributed by atoms with E-state index in [-0.39, 0.29) is 49.8 Å². The quantitative estimate of drug-likeness (QED) is 0.234. The molecule has 0 fully saturated rings. The third kappa shape index (κ3) is 7.10. The van der Waals surface area contributed by atoms with Crippen LogP contribution in [-0.4, -0.2) is 82.6 Å². The number of nitrogens with zero attached hydrogens (tertiary/aromatic N) is 3. The first-order valence-electron chi connectivity index (χ1n) is 14.1. The molecule has 2 aliphatic rings. The van der Waals surface area contributed by atoms with Crippen LogP contribution in [0.15, 0.2) is 60.9 Å². The van der Waals surface area contributed by atoms with Crippen LogP contribution in [0.3, 0.4) is 0 Å². The van der Waals surface area contributed by atoms with Crippen molar-refractivity contribution in [3.63, 3.8) is 0 Å². The van der Waals surface area contributed by atoms with Crippen molar-refractivity contribution in [3.05, 3.63) is 72.1 Å². The first-order valence-corrected chi connectivity index (χ1v) is 14.1. The van der Waals surface area contributed by atoms with Gasteiger partial charge in [0, 0.05) is 49.6 Å². The van der Waals surface area contributed by atoms with Crippen LogP contribution in [0.5, 0.6) is 17.2 Å². The third-order valence-corrected chi connectivity index (χ3v) is 7.51. The highest BCUT2D eigenvalue weighted by Gasteiger charge is 2.31. The highest BCUT2D eigenvalue weighted by molar-refractivity contribution is 5.85. The van der Waals surface area contributed by atoms with Gasteiger partial charge in [-0.05, 0) is 62.0 Å². The molecule has 0 unspecified atom stereocenters. The first-order chi connectivity index (χ1) is 20.3. The highest BCUT2D eigenvalue weighted by atomic mass is 16.7. The van der Waals surface area contributed by atoms with E-state index in [1.54, 1.807) is 47.6 Å². The number of rotatable bonds is 8. The van der Waals surface area contributed by atoms with Crippen molar-refractivity contribution in [1.29, 1.82) is 0 Å². The van der Waals surface area contributed by atoms with Gasteiger partial charge in [-0.3, -0.25) is 14.7 Å². The average molecular weight is 577 g/mol. The number of aromatic nitrogens is 1. The molecule has 0 saturated carbocycles. The Hall–Kier alpha value is -4.35. The summed E-state index contributed by atoms with van der Waals surface area (Å²) in [7, 11) is 2.04. The number of aliphatic hydroxyl groups is 2. The molecular formula is C31H38N5O6+. The number of amidine groups is 1. The van der Waals surface area contributed by atoms with E-state index in [9.17, 15) is 15.0 Å². The minimum atomic E-state index is -0.332. The normalized spacial score (nSPS) is 19.4. The summed E-state index contributed by atoms with van der Waals surface area (Å²) in [5, 5.41) is 23.5. The van der Waals surface area contributed by atoms with E-state index in [4.69, 9.17) is 14.2 Å². The summed E-state index contributed by atoms with van der Waals surface area (Å²) in [6.45, 7) is 5.78. The monoisotopic (exact) mass is 576 g/mol. The number of hydrogen-bond donors (Lipinski definition) is 4. The molecule has 2 aromatic carbocycles. The average Bonchev–Trinajstić information content (AvgIpc) is 3.45. The lowest BCUT2D eigenvalue weighted by Gasteiger charge is -2.34. The van der Waals surface area contributed by atoms with Crippen molar-refractivity contribution in [2.24, 2.45) is 5.92 Å². The zero-order valence-electron chi connectivity index (χ0n) is 24.1. The van der Waals surface area contributed by atoms with Crippen LogP contribution in [-0.2, 0) is 17.8 Å². The number of pyridine rings is 1. The Balaban J connectivity index is 1.38. The van der Waals surface area contributed by atoms with Gasteiger partial charge in [0.25, 0.3) is 0 Å². The van der Waals surface area contributed by atoms with Gasteiger partial charge in [0.1, 0.15) is 23.2 Å².